The number of hydrogen-bond donors (Lipinski definition) is 3. The predicted molar refractivity (Wildman–Crippen MR) is 103 cm³/mol. The standard InChI is InChI=1S/C22H36O5/c1-14(24)27-12-19(26)20(2)8-7-17-15(9-20)5-6-18-21(3,13-23)10-16(25)11-22(17,18)4/h9,16-19,23,25-26H,5-8,10-13H2,1-4H3/t16-,17+,18+,19+,20+,21+,22+/m1/s1. The van der Waals surface area contributed by atoms with Gasteiger partial charge in [-0.1, -0.05) is 32.4 Å². The number of esters is 1. The molecule has 0 aromatic heterocycles. The number of aliphatic hydroxyl groups is 3. The Hall–Kier alpha value is -0.910. The average Bonchev–Trinajstić information content (AvgIpc) is 2.58. The Morgan fingerprint density at radius 1 is 1.30 bits per heavy atom. The topological polar surface area (TPSA) is 87.0 Å². The van der Waals surface area contributed by atoms with E-state index in [0.29, 0.717) is 18.3 Å². The minimum absolute atomic E-state index is 0.0264. The van der Waals surface area contributed by atoms with E-state index in [-0.39, 0.29) is 36.1 Å². The predicted octanol–water partition coefficient (Wildman–Crippen LogP) is 2.82. The zero-order valence-corrected chi connectivity index (χ0v) is 17.2. The maximum Gasteiger partial charge on any atom is 0.302 e. The summed E-state index contributed by atoms with van der Waals surface area (Å²) in [6.45, 7) is 7.98. The molecule has 7 atom stereocenters. The van der Waals surface area contributed by atoms with Gasteiger partial charge in [0.05, 0.1) is 12.2 Å². The average molecular weight is 381 g/mol. The van der Waals surface area contributed by atoms with Gasteiger partial charge >= 0.3 is 5.97 Å². The third-order valence-electron chi connectivity index (χ3n) is 8.03. The molecule has 154 valence electrons. The lowest BCUT2D eigenvalue weighted by atomic mass is 9.44. The van der Waals surface area contributed by atoms with E-state index < -0.39 is 11.5 Å². The van der Waals surface area contributed by atoms with Crippen molar-refractivity contribution in [2.24, 2.45) is 28.1 Å². The highest BCUT2D eigenvalue weighted by Crippen LogP contribution is 2.63. The number of aliphatic hydroxyl groups excluding tert-OH is 3. The van der Waals surface area contributed by atoms with Crippen LogP contribution >= 0.6 is 0 Å². The molecule has 0 aliphatic heterocycles. The second-order valence-corrected chi connectivity index (χ2v) is 10.1. The number of allylic oxidation sites excluding steroid dienone is 1. The first-order chi connectivity index (χ1) is 12.5. The Kier molecular flexibility index (Phi) is 5.52. The summed E-state index contributed by atoms with van der Waals surface area (Å²) in [6.07, 6.45) is 6.39. The highest BCUT2D eigenvalue weighted by molar-refractivity contribution is 5.65. The van der Waals surface area contributed by atoms with Crippen LogP contribution in [0, 0.1) is 28.1 Å². The summed E-state index contributed by atoms with van der Waals surface area (Å²) in [6, 6.07) is 0. The minimum atomic E-state index is -0.708. The summed E-state index contributed by atoms with van der Waals surface area (Å²) in [4.78, 5) is 11.1. The van der Waals surface area contributed by atoms with Crippen molar-refractivity contribution in [3.63, 3.8) is 0 Å². The van der Waals surface area contributed by atoms with Crippen molar-refractivity contribution < 1.29 is 24.9 Å². The Morgan fingerprint density at radius 3 is 2.63 bits per heavy atom. The van der Waals surface area contributed by atoms with Gasteiger partial charge in [-0.05, 0) is 61.2 Å². The Morgan fingerprint density at radius 2 is 2.00 bits per heavy atom. The summed E-state index contributed by atoms with van der Waals surface area (Å²) in [5.41, 5.74) is 0.728. The molecule has 3 rings (SSSR count). The zero-order valence-electron chi connectivity index (χ0n) is 17.2. The minimum Gasteiger partial charge on any atom is -0.463 e. The van der Waals surface area contributed by atoms with Crippen molar-refractivity contribution in [1.29, 1.82) is 0 Å². The monoisotopic (exact) mass is 380 g/mol. The van der Waals surface area contributed by atoms with E-state index in [0.717, 1.165) is 32.1 Å². The van der Waals surface area contributed by atoms with Crippen LogP contribution in [-0.4, -0.2) is 46.7 Å². The van der Waals surface area contributed by atoms with Crippen LogP contribution in [0.15, 0.2) is 11.6 Å². The lowest BCUT2D eigenvalue weighted by molar-refractivity contribution is -0.147. The molecule has 0 bridgehead atoms. The Balaban J connectivity index is 1.86. The van der Waals surface area contributed by atoms with Crippen LogP contribution in [0.2, 0.25) is 0 Å². The molecule has 2 fully saturated rings. The lowest BCUT2D eigenvalue weighted by Gasteiger charge is -2.61. The SMILES string of the molecule is CC(=O)OC[C@H](O)[C@]1(C)C=C2CC[C@H]3[C@](C)(CO)C[C@@H](O)C[C@@]3(C)[C@H]2CC1. The van der Waals surface area contributed by atoms with Crippen LogP contribution in [0.3, 0.4) is 0 Å². The van der Waals surface area contributed by atoms with Gasteiger partial charge in [-0.3, -0.25) is 4.79 Å². The molecule has 3 N–H and O–H groups in total. The third kappa shape index (κ3) is 3.58. The first-order valence-electron chi connectivity index (χ1n) is 10.4. The first kappa shape index (κ1) is 20.8. The van der Waals surface area contributed by atoms with E-state index in [1.165, 1.54) is 12.5 Å². The molecule has 5 nitrogen and oxygen atoms in total. The second-order valence-electron chi connectivity index (χ2n) is 10.1. The van der Waals surface area contributed by atoms with E-state index in [2.05, 4.69) is 19.9 Å². The lowest BCUT2D eigenvalue weighted by Crippen LogP contribution is -2.56. The van der Waals surface area contributed by atoms with Crippen molar-refractivity contribution in [3.05, 3.63) is 11.6 Å². The summed E-state index contributed by atoms with van der Waals surface area (Å²) in [5, 5.41) is 31.3. The van der Waals surface area contributed by atoms with Crippen molar-refractivity contribution >= 4 is 5.97 Å². The van der Waals surface area contributed by atoms with E-state index in [1.807, 2.05) is 6.92 Å². The Bertz CT molecular complexity index is 616. The van der Waals surface area contributed by atoms with Crippen LogP contribution in [0.4, 0.5) is 0 Å². The van der Waals surface area contributed by atoms with Gasteiger partial charge in [-0.15, -0.1) is 0 Å². The number of carbonyl (C=O) groups is 1. The molecule has 27 heavy (non-hydrogen) atoms. The molecule has 0 unspecified atom stereocenters. The molecule has 0 spiro atoms. The third-order valence-corrected chi connectivity index (χ3v) is 8.03. The molecular formula is C22H36O5. The molecule has 2 saturated carbocycles. The van der Waals surface area contributed by atoms with Crippen LogP contribution in [0.25, 0.3) is 0 Å². The fraction of sp³-hybridized carbons (Fsp3) is 0.864. The number of hydrogen-bond acceptors (Lipinski definition) is 5. The van der Waals surface area contributed by atoms with Gasteiger partial charge in [-0.25, -0.2) is 0 Å². The number of ether oxygens (including phenoxy) is 1. The highest BCUT2D eigenvalue weighted by atomic mass is 16.5. The van der Waals surface area contributed by atoms with Crippen LogP contribution in [0.1, 0.15) is 66.2 Å². The van der Waals surface area contributed by atoms with Gasteiger partial charge in [0, 0.05) is 18.9 Å². The first-order valence-corrected chi connectivity index (χ1v) is 10.4. The van der Waals surface area contributed by atoms with E-state index in [9.17, 15) is 20.1 Å². The highest BCUT2D eigenvalue weighted by Gasteiger charge is 2.58. The summed E-state index contributed by atoms with van der Waals surface area (Å²) in [5.74, 6) is 0.411. The van der Waals surface area contributed by atoms with Crippen molar-refractivity contribution in [1.82, 2.24) is 0 Å². The largest absolute Gasteiger partial charge is 0.463 e. The molecule has 0 aromatic carbocycles. The van der Waals surface area contributed by atoms with Gasteiger partial charge in [0.2, 0.25) is 0 Å². The molecule has 0 amide bonds. The van der Waals surface area contributed by atoms with Crippen molar-refractivity contribution in [3.8, 4) is 0 Å². The molecule has 3 aliphatic rings. The van der Waals surface area contributed by atoms with Gasteiger partial charge < -0.3 is 20.1 Å². The molecule has 5 heteroatoms. The molecule has 0 saturated heterocycles. The summed E-state index contributed by atoms with van der Waals surface area (Å²) in [7, 11) is 0. The maximum atomic E-state index is 11.1. The number of carbonyl (C=O) groups excluding carboxylic acids is 1. The number of rotatable bonds is 4. The van der Waals surface area contributed by atoms with Crippen molar-refractivity contribution in [2.45, 2.75) is 78.4 Å². The van der Waals surface area contributed by atoms with Gasteiger partial charge in [0.15, 0.2) is 0 Å². The fourth-order valence-electron chi connectivity index (χ4n) is 6.63. The molecule has 3 aliphatic carbocycles. The fourth-order valence-corrected chi connectivity index (χ4v) is 6.63. The van der Waals surface area contributed by atoms with E-state index >= 15 is 0 Å². The molecule has 0 heterocycles. The molecule has 0 aromatic rings. The molecular weight excluding hydrogens is 344 g/mol. The molecule has 0 radical (unpaired) electrons. The quantitative estimate of drug-likeness (QED) is 0.516. The smallest absolute Gasteiger partial charge is 0.302 e. The normalized spacial score (nSPS) is 45.3. The summed E-state index contributed by atoms with van der Waals surface area (Å²) < 4.78 is 5.04. The Labute approximate surface area is 162 Å². The van der Waals surface area contributed by atoms with Crippen LogP contribution in [-0.2, 0) is 9.53 Å². The van der Waals surface area contributed by atoms with Gasteiger partial charge in [-0.2, -0.15) is 0 Å². The van der Waals surface area contributed by atoms with Crippen molar-refractivity contribution in [2.75, 3.05) is 13.2 Å². The number of fused-ring (bicyclic) bond motifs is 3. The second kappa shape index (κ2) is 7.16. The van der Waals surface area contributed by atoms with E-state index in [1.54, 1.807) is 0 Å². The summed E-state index contributed by atoms with van der Waals surface area (Å²) >= 11 is 0. The van der Waals surface area contributed by atoms with Gasteiger partial charge in [0.25, 0.3) is 0 Å². The van der Waals surface area contributed by atoms with E-state index in [4.69, 9.17) is 4.74 Å². The maximum absolute atomic E-state index is 11.1. The van der Waals surface area contributed by atoms with Gasteiger partial charge in [0.1, 0.15) is 6.61 Å². The van der Waals surface area contributed by atoms with Crippen LogP contribution < -0.4 is 0 Å². The zero-order chi connectivity index (χ0) is 20.0. The van der Waals surface area contributed by atoms with Crippen LogP contribution in [0.5, 0.6) is 0 Å².